The molecule has 0 fully saturated rings. The van der Waals surface area contributed by atoms with E-state index in [4.69, 9.17) is 0 Å². The zero-order valence-corrected chi connectivity index (χ0v) is 13.2. The molecule has 21 heavy (non-hydrogen) atoms. The number of anilines is 1. The summed E-state index contributed by atoms with van der Waals surface area (Å²) in [5.41, 5.74) is 2.27. The molecular formula is C15H10BrN3OS. The van der Waals surface area contributed by atoms with Crippen molar-refractivity contribution in [2.75, 3.05) is 5.32 Å². The van der Waals surface area contributed by atoms with Gasteiger partial charge in [-0.25, -0.2) is 9.97 Å². The maximum absolute atomic E-state index is 12.2. The molecular weight excluding hydrogens is 350 g/mol. The third kappa shape index (κ3) is 3.34. The number of halogens is 1. The summed E-state index contributed by atoms with van der Waals surface area (Å²) in [6.07, 6.45) is 3.35. The van der Waals surface area contributed by atoms with Crippen molar-refractivity contribution in [1.29, 1.82) is 0 Å². The van der Waals surface area contributed by atoms with Gasteiger partial charge in [0, 0.05) is 34.6 Å². The van der Waals surface area contributed by atoms with Crippen molar-refractivity contribution < 1.29 is 4.79 Å². The summed E-state index contributed by atoms with van der Waals surface area (Å²) in [4.78, 5) is 20.5. The Balaban J connectivity index is 1.82. The van der Waals surface area contributed by atoms with Crippen LogP contribution in [0.2, 0.25) is 0 Å². The van der Waals surface area contributed by atoms with Crippen molar-refractivity contribution in [3.8, 4) is 10.6 Å². The molecule has 0 spiro atoms. The lowest BCUT2D eigenvalue weighted by Crippen LogP contribution is -2.11. The molecule has 4 nitrogen and oxygen atoms in total. The summed E-state index contributed by atoms with van der Waals surface area (Å²) >= 11 is 4.82. The van der Waals surface area contributed by atoms with Gasteiger partial charge in [0.15, 0.2) is 0 Å². The molecule has 6 heteroatoms. The lowest BCUT2D eigenvalue weighted by atomic mass is 10.2. The zero-order chi connectivity index (χ0) is 14.7. The molecule has 0 bridgehead atoms. The molecule has 3 aromatic rings. The number of nitrogens with zero attached hydrogens (tertiary/aromatic N) is 2. The number of benzene rings is 1. The quantitative estimate of drug-likeness (QED) is 0.712. The normalized spacial score (nSPS) is 10.3. The van der Waals surface area contributed by atoms with E-state index in [-0.39, 0.29) is 5.91 Å². The predicted molar refractivity (Wildman–Crippen MR) is 87.4 cm³/mol. The molecule has 0 unspecified atom stereocenters. The van der Waals surface area contributed by atoms with Gasteiger partial charge < -0.3 is 5.32 Å². The first kappa shape index (κ1) is 13.9. The first-order valence-electron chi connectivity index (χ1n) is 6.15. The third-order valence-electron chi connectivity index (χ3n) is 2.79. The Hall–Kier alpha value is -2.05. The van der Waals surface area contributed by atoms with Gasteiger partial charge >= 0.3 is 0 Å². The van der Waals surface area contributed by atoms with Crippen molar-refractivity contribution in [2.45, 2.75) is 0 Å². The van der Waals surface area contributed by atoms with E-state index in [2.05, 4.69) is 31.2 Å². The summed E-state index contributed by atoms with van der Waals surface area (Å²) in [6, 6.07) is 11.0. The summed E-state index contributed by atoms with van der Waals surface area (Å²) < 4.78 is 0.631. The Morgan fingerprint density at radius 1 is 1.14 bits per heavy atom. The SMILES string of the molecule is O=C(Nc1cccc(-c2nccs2)c1)c1ccnc(Br)c1. The van der Waals surface area contributed by atoms with E-state index in [9.17, 15) is 4.79 Å². The first-order valence-corrected chi connectivity index (χ1v) is 7.82. The fraction of sp³-hybridized carbons (Fsp3) is 0. The molecule has 1 N–H and O–H groups in total. The molecule has 0 aliphatic heterocycles. The van der Waals surface area contributed by atoms with Crippen molar-refractivity contribution in [1.82, 2.24) is 9.97 Å². The summed E-state index contributed by atoms with van der Waals surface area (Å²) in [5, 5.41) is 5.73. The lowest BCUT2D eigenvalue weighted by Gasteiger charge is -2.06. The average molecular weight is 360 g/mol. The molecule has 0 aliphatic rings. The van der Waals surface area contributed by atoms with Crippen LogP contribution in [0.4, 0.5) is 5.69 Å². The Labute approximate surface area is 134 Å². The summed E-state index contributed by atoms with van der Waals surface area (Å²) in [7, 11) is 0. The van der Waals surface area contributed by atoms with E-state index in [1.807, 2.05) is 29.6 Å². The number of nitrogens with one attached hydrogen (secondary N) is 1. The van der Waals surface area contributed by atoms with Gasteiger partial charge in [-0.2, -0.15) is 0 Å². The fourth-order valence-electron chi connectivity index (χ4n) is 1.84. The van der Waals surface area contributed by atoms with E-state index in [1.54, 1.807) is 35.9 Å². The topological polar surface area (TPSA) is 54.9 Å². The Morgan fingerprint density at radius 3 is 2.81 bits per heavy atom. The molecule has 2 aromatic heterocycles. The number of carbonyl (C=O) groups excluding carboxylic acids is 1. The highest BCUT2D eigenvalue weighted by Gasteiger charge is 2.08. The number of thiazole rings is 1. The van der Waals surface area contributed by atoms with E-state index < -0.39 is 0 Å². The average Bonchev–Trinajstić information content (AvgIpc) is 3.02. The standard InChI is InChI=1S/C15H10BrN3OS/c16-13-9-10(4-5-17-13)14(20)19-12-3-1-2-11(8-12)15-18-6-7-21-15/h1-9H,(H,19,20). The van der Waals surface area contributed by atoms with E-state index in [0.717, 1.165) is 16.3 Å². The minimum absolute atomic E-state index is 0.172. The summed E-state index contributed by atoms with van der Waals surface area (Å²) in [5.74, 6) is -0.172. The van der Waals surface area contributed by atoms with Crippen LogP contribution in [0, 0.1) is 0 Å². The highest BCUT2D eigenvalue weighted by Crippen LogP contribution is 2.24. The molecule has 3 rings (SSSR count). The monoisotopic (exact) mass is 359 g/mol. The Kier molecular flexibility index (Phi) is 4.08. The summed E-state index contributed by atoms with van der Waals surface area (Å²) in [6.45, 7) is 0. The number of amides is 1. The lowest BCUT2D eigenvalue weighted by molar-refractivity contribution is 0.102. The van der Waals surface area contributed by atoms with Crippen LogP contribution in [0.3, 0.4) is 0 Å². The van der Waals surface area contributed by atoms with Crippen LogP contribution < -0.4 is 5.32 Å². The Morgan fingerprint density at radius 2 is 2.05 bits per heavy atom. The number of carbonyl (C=O) groups is 1. The van der Waals surface area contributed by atoms with Crippen LogP contribution in [0.5, 0.6) is 0 Å². The minimum Gasteiger partial charge on any atom is -0.322 e. The van der Waals surface area contributed by atoms with Crippen LogP contribution in [0.1, 0.15) is 10.4 Å². The first-order chi connectivity index (χ1) is 10.2. The molecule has 0 radical (unpaired) electrons. The van der Waals surface area contributed by atoms with Gasteiger partial charge in [-0.05, 0) is 40.2 Å². The zero-order valence-electron chi connectivity index (χ0n) is 10.8. The van der Waals surface area contributed by atoms with E-state index >= 15 is 0 Å². The molecule has 0 saturated heterocycles. The molecule has 104 valence electrons. The number of pyridine rings is 1. The minimum atomic E-state index is -0.172. The highest BCUT2D eigenvalue weighted by molar-refractivity contribution is 9.10. The Bertz CT molecular complexity index is 774. The predicted octanol–water partition coefficient (Wildman–Crippen LogP) is 4.22. The number of aromatic nitrogens is 2. The highest BCUT2D eigenvalue weighted by atomic mass is 79.9. The van der Waals surface area contributed by atoms with Crippen molar-refractivity contribution in [2.24, 2.45) is 0 Å². The van der Waals surface area contributed by atoms with Gasteiger partial charge in [0.2, 0.25) is 0 Å². The maximum atomic E-state index is 12.2. The van der Waals surface area contributed by atoms with Crippen molar-refractivity contribution in [3.63, 3.8) is 0 Å². The second-order valence-corrected chi connectivity index (χ2v) is 5.95. The van der Waals surface area contributed by atoms with Gasteiger partial charge in [-0.1, -0.05) is 12.1 Å². The second-order valence-electron chi connectivity index (χ2n) is 4.24. The molecule has 2 heterocycles. The largest absolute Gasteiger partial charge is 0.322 e. The van der Waals surface area contributed by atoms with Gasteiger partial charge in [0.1, 0.15) is 9.61 Å². The molecule has 1 aromatic carbocycles. The van der Waals surface area contributed by atoms with Gasteiger partial charge in [-0.3, -0.25) is 4.79 Å². The van der Waals surface area contributed by atoms with Crippen molar-refractivity contribution >= 4 is 38.9 Å². The van der Waals surface area contributed by atoms with Crippen LogP contribution in [0.25, 0.3) is 10.6 Å². The van der Waals surface area contributed by atoms with Gasteiger partial charge in [-0.15, -0.1) is 11.3 Å². The van der Waals surface area contributed by atoms with Gasteiger partial charge in [0.05, 0.1) is 0 Å². The molecule has 0 aliphatic carbocycles. The number of hydrogen-bond donors (Lipinski definition) is 1. The molecule has 0 saturated carbocycles. The third-order valence-corrected chi connectivity index (χ3v) is 4.04. The fourth-order valence-corrected chi connectivity index (χ4v) is 2.84. The molecule has 1 amide bonds. The molecule has 0 atom stereocenters. The van der Waals surface area contributed by atoms with Crippen molar-refractivity contribution in [3.05, 3.63) is 64.3 Å². The smallest absolute Gasteiger partial charge is 0.255 e. The number of rotatable bonds is 3. The van der Waals surface area contributed by atoms with Crippen LogP contribution in [-0.2, 0) is 0 Å². The van der Waals surface area contributed by atoms with E-state index in [1.165, 1.54) is 0 Å². The maximum Gasteiger partial charge on any atom is 0.255 e. The second kappa shape index (κ2) is 6.15. The van der Waals surface area contributed by atoms with Crippen LogP contribution in [-0.4, -0.2) is 15.9 Å². The van der Waals surface area contributed by atoms with Crippen LogP contribution in [0.15, 0.2) is 58.8 Å². The number of hydrogen-bond acceptors (Lipinski definition) is 4. The van der Waals surface area contributed by atoms with Gasteiger partial charge in [0.25, 0.3) is 5.91 Å². The van der Waals surface area contributed by atoms with E-state index in [0.29, 0.717) is 10.2 Å². The van der Waals surface area contributed by atoms with Crippen LogP contribution >= 0.6 is 27.3 Å².